The highest BCUT2D eigenvalue weighted by atomic mass is 16.5. The molecule has 1 aliphatic rings. The lowest BCUT2D eigenvalue weighted by atomic mass is 10.0. The Bertz CT molecular complexity index is 338. The number of rotatable bonds is 5. The molecule has 1 saturated heterocycles. The van der Waals surface area contributed by atoms with E-state index in [0.717, 1.165) is 0 Å². The zero-order chi connectivity index (χ0) is 13.7. The number of carboxylic acid groups (broad SMARTS) is 1. The maximum absolute atomic E-state index is 11.8. The van der Waals surface area contributed by atoms with Crippen LogP contribution in [0.25, 0.3) is 0 Å². The van der Waals surface area contributed by atoms with Crippen LogP contribution < -0.4 is 0 Å². The molecule has 1 aliphatic heterocycles. The quantitative estimate of drug-likeness (QED) is 0.702. The lowest BCUT2D eigenvalue weighted by molar-refractivity contribution is -0.146. The van der Waals surface area contributed by atoms with Crippen molar-refractivity contribution >= 4 is 18.0 Å². The van der Waals surface area contributed by atoms with Crippen LogP contribution >= 0.6 is 0 Å². The van der Waals surface area contributed by atoms with Crippen molar-refractivity contribution in [2.75, 3.05) is 33.8 Å². The van der Waals surface area contributed by atoms with Crippen molar-refractivity contribution in [3.05, 3.63) is 0 Å². The van der Waals surface area contributed by atoms with Gasteiger partial charge in [-0.05, 0) is 6.42 Å². The summed E-state index contributed by atoms with van der Waals surface area (Å²) < 4.78 is 4.49. The fraction of sp³-hybridized carbons (Fsp3) is 0.727. The van der Waals surface area contributed by atoms with Gasteiger partial charge in [-0.3, -0.25) is 9.59 Å². The summed E-state index contributed by atoms with van der Waals surface area (Å²) in [6, 6.07) is -0.197. The summed E-state index contributed by atoms with van der Waals surface area (Å²) in [4.78, 5) is 36.2. The van der Waals surface area contributed by atoms with E-state index >= 15 is 0 Å². The second kappa shape index (κ2) is 6.23. The minimum absolute atomic E-state index is 0.197. The van der Waals surface area contributed by atoms with Gasteiger partial charge in [-0.25, -0.2) is 4.79 Å². The molecule has 2 amide bonds. The molecule has 1 fully saturated rings. The van der Waals surface area contributed by atoms with E-state index in [9.17, 15) is 14.4 Å². The Labute approximate surface area is 105 Å². The zero-order valence-corrected chi connectivity index (χ0v) is 10.6. The minimum Gasteiger partial charge on any atom is -0.481 e. The third kappa shape index (κ3) is 3.61. The summed E-state index contributed by atoms with van der Waals surface area (Å²) in [6.07, 6.45) is 0.803. The third-order valence-corrected chi connectivity index (χ3v) is 2.93. The number of carbonyl (C=O) groups excluding carboxylic acids is 2. The summed E-state index contributed by atoms with van der Waals surface area (Å²) in [5, 5.41) is 8.70. The molecule has 1 heterocycles. The highest BCUT2D eigenvalue weighted by Gasteiger charge is 2.36. The van der Waals surface area contributed by atoms with Gasteiger partial charge in [-0.1, -0.05) is 0 Å². The molecule has 0 bridgehead atoms. The second-order valence-corrected chi connectivity index (χ2v) is 4.32. The largest absolute Gasteiger partial charge is 0.481 e. The van der Waals surface area contributed by atoms with Crippen LogP contribution in [0.15, 0.2) is 0 Å². The molecule has 0 unspecified atom stereocenters. The Morgan fingerprint density at radius 1 is 1.39 bits per heavy atom. The Morgan fingerprint density at radius 2 is 2.00 bits per heavy atom. The smallest absolute Gasteiger partial charge is 0.319 e. The molecule has 0 spiro atoms. The molecule has 0 radical (unpaired) electrons. The number of nitrogens with zero attached hydrogens (tertiary/aromatic N) is 2. The maximum atomic E-state index is 11.8. The van der Waals surface area contributed by atoms with Crippen molar-refractivity contribution in [3.8, 4) is 0 Å². The van der Waals surface area contributed by atoms with Crippen molar-refractivity contribution in [2.24, 2.45) is 5.92 Å². The predicted octanol–water partition coefficient (Wildman–Crippen LogP) is 0.00780. The average molecular weight is 258 g/mol. The Hall–Kier alpha value is -1.79. The van der Waals surface area contributed by atoms with Crippen LogP contribution in [-0.2, 0) is 14.3 Å². The molecule has 102 valence electrons. The molecule has 1 N–H and O–H groups in total. The predicted molar refractivity (Wildman–Crippen MR) is 62.0 cm³/mol. The number of carbonyl (C=O) groups is 3. The fourth-order valence-electron chi connectivity index (χ4n) is 1.69. The van der Waals surface area contributed by atoms with E-state index in [4.69, 9.17) is 5.11 Å². The number of likely N-dealkylation sites (tertiary alicyclic amines) is 1. The minimum atomic E-state index is -0.868. The van der Waals surface area contributed by atoms with Gasteiger partial charge < -0.3 is 19.6 Å². The van der Waals surface area contributed by atoms with Gasteiger partial charge >= 0.3 is 18.0 Å². The molecule has 18 heavy (non-hydrogen) atoms. The number of methoxy groups -OCH3 is 1. The molecular formula is C11H18N2O5. The first kappa shape index (κ1) is 14.3. The van der Waals surface area contributed by atoms with Crippen LogP contribution in [0.5, 0.6) is 0 Å². The van der Waals surface area contributed by atoms with Gasteiger partial charge in [0, 0.05) is 33.1 Å². The SMILES string of the molecule is COC(=O)CCCN(C)C(=O)N1CC(C(=O)O)C1. The van der Waals surface area contributed by atoms with Gasteiger partial charge in [0.25, 0.3) is 0 Å². The number of ether oxygens (including phenoxy) is 1. The van der Waals surface area contributed by atoms with Crippen molar-refractivity contribution in [3.63, 3.8) is 0 Å². The van der Waals surface area contributed by atoms with Crippen LogP contribution in [0.1, 0.15) is 12.8 Å². The first-order chi connectivity index (χ1) is 8.45. The summed E-state index contributed by atoms with van der Waals surface area (Å²) in [6.45, 7) is 0.965. The monoisotopic (exact) mass is 258 g/mol. The Morgan fingerprint density at radius 3 is 2.50 bits per heavy atom. The summed E-state index contributed by atoms with van der Waals surface area (Å²) in [5.74, 6) is -1.62. The topological polar surface area (TPSA) is 87.2 Å². The van der Waals surface area contributed by atoms with E-state index in [1.807, 2.05) is 0 Å². The zero-order valence-electron chi connectivity index (χ0n) is 10.6. The summed E-state index contributed by atoms with van der Waals surface area (Å²) in [5.41, 5.74) is 0. The molecular weight excluding hydrogens is 240 g/mol. The van der Waals surface area contributed by atoms with E-state index in [0.29, 0.717) is 13.0 Å². The molecule has 0 aromatic heterocycles. The standard InChI is InChI=1S/C11H18N2O5/c1-12(5-3-4-9(14)18-2)11(17)13-6-8(7-13)10(15)16/h8H,3-7H2,1-2H3,(H,15,16). The third-order valence-electron chi connectivity index (χ3n) is 2.93. The lowest BCUT2D eigenvalue weighted by Gasteiger charge is -2.38. The summed E-state index contributed by atoms with van der Waals surface area (Å²) in [7, 11) is 2.96. The normalized spacial score (nSPS) is 14.9. The molecule has 0 atom stereocenters. The van der Waals surface area contributed by atoms with Gasteiger partial charge in [-0.2, -0.15) is 0 Å². The number of esters is 1. The second-order valence-electron chi connectivity index (χ2n) is 4.32. The number of hydrogen-bond acceptors (Lipinski definition) is 4. The van der Waals surface area contributed by atoms with E-state index < -0.39 is 11.9 Å². The number of urea groups is 1. The van der Waals surface area contributed by atoms with Crippen LogP contribution in [0.3, 0.4) is 0 Å². The number of carboxylic acids is 1. The van der Waals surface area contributed by atoms with Crippen molar-refractivity contribution in [1.29, 1.82) is 0 Å². The van der Waals surface area contributed by atoms with Gasteiger partial charge in [0.15, 0.2) is 0 Å². The van der Waals surface area contributed by atoms with Crippen LogP contribution in [0, 0.1) is 5.92 Å². The van der Waals surface area contributed by atoms with E-state index in [2.05, 4.69) is 4.74 Å². The van der Waals surface area contributed by atoms with Gasteiger partial charge in [0.2, 0.25) is 0 Å². The van der Waals surface area contributed by atoms with E-state index in [1.54, 1.807) is 7.05 Å². The Kier molecular flexibility index (Phi) is 4.94. The van der Waals surface area contributed by atoms with E-state index in [-0.39, 0.29) is 31.5 Å². The van der Waals surface area contributed by atoms with Crippen molar-refractivity contribution < 1.29 is 24.2 Å². The maximum Gasteiger partial charge on any atom is 0.319 e. The molecule has 0 aromatic rings. The average Bonchev–Trinajstić information content (AvgIpc) is 2.25. The molecule has 0 saturated carbocycles. The molecule has 0 aliphatic carbocycles. The van der Waals surface area contributed by atoms with Gasteiger partial charge in [0.1, 0.15) is 0 Å². The molecule has 7 heteroatoms. The molecule has 0 aromatic carbocycles. The van der Waals surface area contributed by atoms with Crippen molar-refractivity contribution in [2.45, 2.75) is 12.8 Å². The van der Waals surface area contributed by atoms with Crippen LogP contribution in [0.4, 0.5) is 4.79 Å². The molecule has 1 rings (SSSR count). The van der Waals surface area contributed by atoms with Gasteiger partial charge in [-0.15, -0.1) is 0 Å². The first-order valence-electron chi connectivity index (χ1n) is 5.75. The number of aliphatic carboxylic acids is 1. The number of amides is 2. The van der Waals surface area contributed by atoms with E-state index in [1.165, 1.54) is 16.9 Å². The van der Waals surface area contributed by atoms with Gasteiger partial charge in [0.05, 0.1) is 13.0 Å². The number of hydrogen-bond donors (Lipinski definition) is 1. The fourth-order valence-corrected chi connectivity index (χ4v) is 1.69. The Balaban J connectivity index is 2.22. The first-order valence-corrected chi connectivity index (χ1v) is 5.75. The van der Waals surface area contributed by atoms with Crippen LogP contribution in [0.2, 0.25) is 0 Å². The van der Waals surface area contributed by atoms with Crippen LogP contribution in [-0.4, -0.2) is 66.7 Å². The van der Waals surface area contributed by atoms with Crippen molar-refractivity contribution in [1.82, 2.24) is 9.80 Å². The highest BCUT2D eigenvalue weighted by molar-refractivity contribution is 5.79. The highest BCUT2D eigenvalue weighted by Crippen LogP contribution is 2.17. The lowest BCUT2D eigenvalue weighted by Crippen LogP contribution is -2.56. The molecule has 7 nitrogen and oxygen atoms in total. The summed E-state index contributed by atoms with van der Waals surface area (Å²) >= 11 is 0.